The standard InChI is InChI=1S/C9H10BrN3/c1-5(2)8-12-7-3-6(10)4-11-9(7)13-8/h3-5H,1-2H3,(H,11,12,13). The highest BCUT2D eigenvalue weighted by atomic mass is 79.9. The zero-order chi connectivity index (χ0) is 9.42. The van der Waals surface area contributed by atoms with Crippen molar-refractivity contribution < 1.29 is 0 Å². The first kappa shape index (κ1) is 8.69. The maximum atomic E-state index is 4.42. The van der Waals surface area contributed by atoms with Gasteiger partial charge in [0.15, 0.2) is 5.65 Å². The molecule has 2 rings (SSSR count). The number of nitrogens with one attached hydrogen (secondary N) is 1. The van der Waals surface area contributed by atoms with E-state index in [1.54, 1.807) is 6.20 Å². The van der Waals surface area contributed by atoms with Gasteiger partial charge in [-0.05, 0) is 22.0 Å². The van der Waals surface area contributed by atoms with Crippen LogP contribution in [0.25, 0.3) is 11.2 Å². The van der Waals surface area contributed by atoms with Crippen LogP contribution < -0.4 is 0 Å². The Hall–Kier alpha value is -0.900. The highest BCUT2D eigenvalue weighted by Crippen LogP contribution is 2.18. The number of H-pyrrole nitrogens is 1. The second-order valence-electron chi connectivity index (χ2n) is 3.30. The molecule has 0 amide bonds. The lowest BCUT2D eigenvalue weighted by molar-refractivity contribution is 0.798. The smallest absolute Gasteiger partial charge is 0.157 e. The van der Waals surface area contributed by atoms with E-state index >= 15 is 0 Å². The monoisotopic (exact) mass is 239 g/mol. The van der Waals surface area contributed by atoms with E-state index < -0.39 is 0 Å². The topological polar surface area (TPSA) is 41.6 Å². The van der Waals surface area contributed by atoms with Gasteiger partial charge in [0.05, 0.1) is 0 Å². The molecule has 0 unspecified atom stereocenters. The number of hydrogen-bond donors (Lipinski definition) is 1. The Balaban J connectivity index is 2.62. The zero-order valence-electron chi connectivity index (χ0n) is 7.50. The van der Waals surface area contributed by atoms with Crippen LogP contribution in [0.15, 0.2) is 16.7 Å². The molecule has 0 spiro atoms. The molecule has 68 valence electrons. The second kappa shape index (κ2) is 3.10. The summed E-state index contributed by atoms with van der Waals surface area (Å²) in [4.78, 5) is 11.8. The van der Waals surface area contributed by atoms with Crippen molar-refractivity contribution in [3.63, 3.8) is 0 Å². The van der Waals surface area contributed by atoms with Crippen LogP contribution >= 0.6 is 15.9 Å². The quantitative estimate of drug-likeness (QED) is 0.832. The summed E-state index contributed by atoms with van der Waals surface area (Å²) in [5, 5.41) is 0. The van der Waals surface area contributed by atoms with Crippen molar-refractivity contribution in [2.75, 3.05) is 0 Å². The van der Waals surface area contributed by atoms with E-state index in [4.69, 9.17) is 0 Å². The van der Waals surface area contributed by atoms with Gasteiger partial charge in [0.25, 0.3) is 0 Å². The molecule has 2 aromatic rings. The summed E-state index contributed by atoms with van der Waals surface area (Å²) >= 11 is 3.36. The van der Waals surface area contributed by atoms with Crippen molar-refractivity contribution in [2.24, 2.45) is 0 Å². The van der Waals surface area contributed by atoms with Crippen LogP contribution in [0.3, 0.4) is 0 Å². The van der Waals surface area contributed by atoms with Crippen LogP contribution in [0, 0.1) is 0 Å². The summed E-state index contributed by atoms with van der Waals surface area (Å²) in [5.41, 5.74) is 1.77. The van der Waals surface area contributed by atoms with Crippen molar-refractivity contribution in [1.82, 2.24) is 15.0 Å². The minimum Gasteiger partial charge on any atom is -0.326 e. The van der Waals surface area contributed by atoms with Crippen molar-refractivity contribution in [2.45, 2.75) is 19.8 Å². The van der Waals surface area contributed by atoms with Crippen LogP contribution in [0.4, 0.5) is 0 Å². The Labute approximate surface area is 84.7 Å². The largest absolute Gasteiger partial charge is 0.326 e. The molecular formula is C9H10BrN3. The first-order chi connectivity index (χ1) is 6.16. The Morgan fingerprint density at radius 3 is 2.92 bits per heavy atom. The number of aromatic nitrogens is 3. The summed E-state index contributed by atoms with van der Waals surface area (Å²) in [7, 11) is 0. The molecule has 1 N–H and O–H groups in total. The number of aromatic amines is 1. The molecule has 4 heteroatoms. The van der Waals surface area contributed by atoms with Crippen LogP contribution in [0.5, 0.6) is 0 Å². The van der Waals surface area contributed by atoms with Gasteiger partial charge in [-0.3, -0.25) is 0 Å². The van der Waals surface area contributed by atoms with Gasteiger partial charge in [-0.2, -0.15) is 0 Å². The number of hydrogen-bond acceptors (Lipinski definition) is 2. The van der Waals surface area contributed by atoms with E-state index in [0.29, 0.717) is 5.92 Å². The number of fused-ring (bicyclic) bond motifs is 1. The molecule has 0 aliphatic heterocycles. The molecule has 0 bridgehead atoms. The summed E-state index contributed by atoms with van der Waals surface area (Å²) < 4.78 is 0.960. The van der Waals surface area contributed by atoms with Crippen molar-refractivity contribution >= 4 is 27.1 Å². The predicted octanol–water partition coefficient (Wildman–Crippen LogP) is 2.84. The van der Waals surface area contributed by atoms with E-state index in [0.717, 1.165) is 21.5 Å². The number of rotatable bonds is 1. The lowest BCUT2D eigenvalue weighted by atomic mass is 10.2. The molecule has 0 saturated carbocycles. The molecule has 0 aliphatic carbocycles. The fraction of sp³-hybridized carbons (Fsp3) is 0.333. The lowest BCUT2D eigenvalue weighted by Gasteiger charge is -1.95. The Morgan fingerprint density at radius 1 is 1.46 bits per heavy atom. The van der Waals surface area contributed by atoms with Gasteiger partial charge in [-0.25, -0.2) is 9.97 Å². The van der Waals surface area contributed by atoms with Gasteiger partial charge in [0, 0.05) is 16.6 Å². The number of pyridine rings is 1. The van der Waals surface area contributed by atoms with E-state index in [9.17, 15) is 0 Å². The highest BCUT2D eigenvalue weighted by molar-refractivity contribution is 9.10. The second-order valence-corrected chi connectivity index (χ2v) is 4.21. The van der Waals surface area contributed by atoms with Crippen molar-refractivity contribution in [3.8, 4) is 0 Å². The average molecular weight is 240 g/mol. The first-order valence-corrected chi connectivity index (χ1v) is 4.97. The molecule has 3 nitrogen and oxygen atoms in total. The Bertz CT molecular complexity index is 433. The average Bonchev–Trinajstić information content (AvgIpc) is 2.46. The number of halogens is 1. The summed E-state index contributed by atoms with van der Waals surface area (Å²) in [5.74, 6) is 1.40. The molecule has 0 saturated heterocycles. The van der Waals surface area contributed by atoms with Gasteiger partial charge in [-0.15, -0.1) is 0 Å². The van der Waals surface area contributed by atoms with E-state index in [1.807, 2.05) is 6.07 Å². The maximum Gasteiger partial charge on any atom is 0.157 e. The van der Waals surface area contributed by atoms with Gasteiger partial charge >= 0.3 is 0 Å². The van der Waals surface area contributed by atoms with Gasteiger partial charge in [-0.1, -0.05) is 13.8 Å². The molecule has 2 aromatic heterocycles. The minimum atomic E-state index is 0.410. The maximum absolute atomic E-state index is 4.42. The normalized spacial score (nSPS) is 11.4. The fourth-order valence-electron chi connectivity index (χ4n) is 1.16. The first-order valence-electron chi connectivity index (χ1n) is 4.18. The number of imidazole rings is 1. The summed E-state index contributed by atoms with van der Waals surface area (Å²) in [6, 6.07) is 1.96. The summed E-state index contributed by atoms with van der Waals surface area (Å²) in [6.45, 7) is 4.21. The third-order valence-corrected chi connectivity index (χ3v) is 2.30. The van der Waals surface area contributed by atoms with E-state index in [2.05, 4.69) is 44.7 Å². The Kier molecular flexibility index (Phi) is 2.07. The molecule has 0 aliphatic rings. The molecule has 2 heterocycles. The lowest BCUT2D eigenvalue weighted by Crippen LogP contribution is -1.88. The third-order valence-electron chi connectivity index (χ3n) is 1.87. The van der Waals surface area contributed by atoms with Crippen LogP contribution in [-0.2, 0) is 0 Å². The third kappa shape index (κ3) is 1.58. The molecule has 0 aromatic carbocycles. The van der Waals surface area contributed by atoms with Gasteiger partial charge < -0.3 is 4.98 Å². The minimum absolute atomic E-state index is 0.410. The molecule has 0 fully saturated rings. The predicted molar refractivity (Wildman–Crippen MR) is 55.7 cm³/mol. The number of nitrogens with zero attached hydrogens (tertiary/aromatic N) is 2. The van der Waals surface area contributed by atoms with E-state index in [1.165, 1.54) is 0 Å². The fourth-order valence-corrected chi connectivity index (χ4v) is 1.48. The van der Waals surface area contributed by atoms with Crippen molar-refractivity contribution in [3.05, 3.63) is 22.6 Å². The van der Waals surface area contributed by atoms with Gasteiger partial charge in [0.1, 0.15) is 11.3 Å². The zero-order valence-corrected chi connectivity index (χ0v) is 9.09. The highest BCUT2D eigenvalue weighted by Gasteiger charge is 2.06. The summed E-state index contributed by atoms with van der Waals surface area (Å²) in [6.07, 6.45) is 1.77. The van der Waals surface area contributed by atoms with Crippen LogP contribution in [0.2, 0.25) is 0 Å². The van der Waals surface area contributed by atoms with Crippen LogP contribution in [0.1, 0.15) is 25.6 Å². The van der Waals surface area contributed by atoms with E-state index in [-0.39, 0.29) is 0 Å². The molecule has 0 radical (unpaired) electrons. The molecule has 13 heavy (non-hydrogen) atoms. The van der Waals surface area contributed by atoms with Gasteiger partial charge in [0.2, 0.25) is 0 Å². The van der Waals surface area contributed by atoms with Crippen LogP contribution in [-0.4, -0.2) is 15.0 Å². The molecular weight excluding hydrogens is 230 g/mol. The molecule has 0 atom stereocenters. The SMILES string of the molecule is CC(C)c1nc2cc(Br)cnc2[nH]1. The Morgan fingerprint density at radius 2 is 2.23 bits per heavy atom. The van der Waals surface area contributed by atoms with Crippen molar-refractivity contribution in [1.29, 1.82) is 0 Å².